The van der Waals surface area contributed by atoms with Crippen molar-refractivity contribution in [3.8, 4) is 5.69 Å². The van der Waals surface area contributed by atoms with Gasteiger partial charge < -0.3 is 4.90 Å². The number of thiophene rings is 1. The van der Waals surface area contributed by atoms with E-state index in [4.69, 9.17) is 0 Å². The monoisotopic (exact) mass is 355 g/mol. The van der Waals surface area contributed by atoms with E-state index in [9.17, 15) is 9.18 Å². The third-order valence-electron chi connectivity index (χ3n) is 4.52. The van der Waals surface area contributed by atoms with Gasteiger partial charge in [0.25, 0.3) is 5.91 Å². The molecule has 0 saturated carbocycles. The Bertz CT molecular complexity index is 900. The number of amides is 1. The minimum absolute atomic E-state index is 0.0626. The Morgan fingerprint density at radius 2 is 2.08 bits per heavy atom. The molecule has 1 aliphatic rings. The number of carbonyl (C=O) groups excluding carboxylic acids is 1. The van der Waals surface area contributed by atoms with E-state index in [0.29, 0.717) is 12.2 Å². The summed E-state index contributed by atoms with van der Waals surface area (Å²) in [7, 11) is 1.81. The van der Waals surface area contributed by atoms with E-state index < -0.39 is 0 Å². The SMILES string of the molecule is CN(Cc1cccs1)C(=O)c1nn(-c2ccc(F)cc2)c2c1CCC2. The Balaban J connectivity index is 1.67. The van der Waals surface area contributed by atoms with Crippen LogP contribution in [-0.2, 0) is 19.4 Å². The lowest BCUT2D eigenvalue weighted by Crippen LogP contribution is -2.27. The molecule has 2 aromatic heterocycles. The average molecular weight is 355 g/mol. The van der Waals surface area contributed by atoms with Crippen LogP contribution in [0.3, 0.4) is 0 Å². The van der Waals surface area contributed by atoms with Gasteiger partial charge >= 0.3 is 0 Å². The Morgan fingerprint density at radius 3 is 2.80 bits per heavy atom. The van der Waals surface area contributed by atoms with Crippen LogP contribution < -0.4 is 0 Å². The van der Waals surface area contributed by atoms with Crippen LogP contribution in [0.1, 0.15) is 33.0 Å². The molecule has 0 atom stereocenters. The van der Waals surface area contributed by atoms with Crippen LogP contribution in [0.2, 0.25) is 0 Å². The largest absolute Gasteiger partial charge is 0.335 e. The molecule has 2 heterocycles. The highest BCUT2D eigenvalue weighted by Crippen LogP contribution is 2.29. The lowest BCUT2D eigenvalue weighted by molar-refractivity contribution is 0.0779. The second kappa shape index (κ2) is 6.44. The zero-order valence-corrected chi connectivity index (χ0v) is 14.7. The molecule has 0 unspecified atom stereocenters. The molecule has 1 aliphatic carbocycles. The summed E-state index contributed by atoms with van der Waals surface area (Å²) in [5, 5.41) is 6.60. The Labute approximate surface area is 149 Å². The Morgan fingerprint density at radius 1 is 1.28 bits per heavy atom. The van der Waals surface area contributed by atoms with E-state index in [0.717, 1.165) is 41.1 Å². The van der Waals surface area contributed by atoms with Gasteiger partial charge in [0.2, 0.25) is 0 Å². The molecule has 0 saturated heterocycles. The number of carbonyl (C=O) groups is 1. The van der Waals surface area contributed by atoms with Gasteiger partial charge in [0.15, 0.2) is 5.69 Å². The van der Waals surface area contributed by atoms with Gasteiger partial charge in [-0.3, -0.25) is 4.79 Å². The minimum Gasteiger partial charge on any atom is -0.335 e. The fraction of sp³-hybridized carbons (Fsp3) is 0.263. The molecule has 1 amide bonds. The molecular weight excluding hydrogens is 337 g/mol. The van der Waals surface area contributed by atoms with Crippen LogP contribution in [0.25, 0.3) is 5.69 Å². The highest BCUT2D eigenvalue weighted by atomic mass is 32.1. The zero-order valence-electron chi connectivity index (χ0n) is 13.9. The molecule has 128 valence electrons. The molecule has 0 N–H and O–H groups in total. The molecule has 0 fully saturated rings. The third-order valence-corrected chi connectivity index (χ3v) is 5.38. The molecule has 0 aliphatic heterocycles. The standard InChI is InChI=1S/C19H18FN3OS/c1-22(12-15-4-3-11-25-15)19(24)18-16-5-2-6-17(16)23(21-18)14-9-7-13(20)8-10-14/h3-4,7-11H,2,5-6,12H2,1H3. The summed E-state index contributed by atoms with van der Waals surface area (Å²) in [6.45, 7) is 0.578. The van der Waals surface area contributed by atoms with E-state index in [1.807, 2.05) is 17.5 Å². The molecule has 0 spiro atoms. The Hall–Kier alpha value is -2.47. The van der Waals surface area contributed by atoms with Gasteiger partial charge in [0.05, 0.1) is 12.2 Å². The van der Waals surface area contributed by atoms with E-state index in [1.54, 1.807) is 40.1 Å². The van der Waals surface area contributed by atoms with Gasteiger partial charge in [-0.05, 0) is 55.0 Å². The quantitative estimate of drug-likeness (QED) is 0.713. The first-order chi connectivity index (χ1) is 12.1. The van der Waals surface area contributed by atoms with Gasteiger partial charge in [-0.25, -0.2) is 9.07 Å². The van der Waals surface area contributed by atoms with Crippen molar-refractivity contribution < 1.29 is 9.18 Å². The number of halogens is 1. The second-order valence-corrected chi connectivity index (χ2v) is 7.29. The fourth-order valence-electron chi connectivity index (χ4n) is 3.29. The van der Waals surface area contributed by atoms with Crippen LogP contribution in [0.5, 0.6) is 0 Å². The maximum Gasteiger partial charge on any atom is 0.274 e. The summed E-state index contributed by atoms with van der Waals surface area (Å²) in [6.07, 6.45) is 2.77. The molecule has 0 radical (unpaired) electrons. The second-order valence-electron chi connectivity index (χ2n) is 6.26. The lowest BCUT2D eigenvalue weighted by Gasteiger charge is -2.15. The van der Waals surface area contributed by atoms with Crippen molar-refractivity contribution in [1.29, 1.82) is 0 Å². The van der Waals surface area contributed by atoms with Crippen molar-refractivity contribution in [2.45, 2.75) is 25.8 Å². The number of nitrogens with zero attached hydrogens (tertiary/aromatic N) is 3. The van der Waals surface area contributed by atoms with Crippen molar-refractivity contribution in [1.82, 2.24) is 14.7 Å². The zero-order chi connectivity index (χ0) is 17.4. The van der Waals surface area contributed by atoms with Crippen molar-refractivity contribution in [2.24, 2.45) is 0 Å². The maximum absolute atomic E-state index is 13.2. The van der Waals surface area contributed by atoms with E-state index in [1.165, 1.54) is 12.1 Å². The molecule has 4 nitrogen and oxygen atoms in total. The van der Waals surface area contributed by atoms with Gasteiger partial charge in [-0.15, -0.1) is 11.3 Å². The van der Waals surface area contributed by atoms with E-state index in [2.05, 4.69) is 5.10 Å². The Kier molecular flexibility index (Phi) is 4.13. The summed E-state index contributed by atoms with van der Waals surface area (Å²) in [5.41, 5.74) is 3.42. The molecule has 25 heavy (non-hydrogen) atoms. The average Bonchev–Trinajstić information content (AvgIpc) is 3.32. The first-order valence-electron chi connectivity index (χ1n) is 8.28. The number of fused-ring (bicyclic) bond motifs is 1. The third kappa shape index (κ3) is 2.98. The summed E-state index contributed by atoms with van der Waals surface area (Å²) in [6, 6.07) is 10.2. The highest BCUT2D eigenvalue weighted by Gasteiger charge is 2.28. The first kappa shape index (κ1) is 16.0. The number of hydrogen-bond donors (Lipinski definition) is 0. The molecule has 3 aromatic rings. The van der Waals surface area contributed by atoms with Gasteiger partial charge in [-0.1, -0.05) is 6.07 Å². The van der Waals surface area contributed by atoms with Gasteiger partial charge in [0, 0.05) is 23.2 Å². The summed E-state index contributed by atoms with van der Waals surface area (Å²) >= 11 is 1.64. The van der Waals surface area contributed by atoms with Crippen molar-refractivity contribution >= 4 is 17.2 Å². The fourth-order valence-corrected chi connectivity index (χ4v) is 4.05. The summed E-state index contributed by atoms with van der Waals surface area (Å²) in [5.74, 6) is -0.341. The molecule has 1 aromatic carbocycles. The summed E-state index contributed by atoms with van der Waals surface area (Å²) < 4.78 is 15.0. The van der Waals surface area contributed by atoms with Crippen LogP contribution in [0.4, 0.5) is 4.39 Å². The predicted molar refractivity (Wildman–Crippen MR) is 95.7 cm³/mol. The number of rotatable bonds is 4. The van der Waals surface area contributed by atoms with Crippen molar-refractivity contribution in [3.63, 3.8) is 0 Å². The predicted octanol–water partition coefficient (Wildman–Crippen LogP) is 3.83. The van der Waals surface area contributed by atoms with Gasteiger partial charge in [0.1, 0.15) is 5.82 Å². The number of benzene rings is 1. The van der Waals surface area contributed by atoms with Crippen molar-refractivity contribution in [2.75, 3.05) is 7.05 Å². The van der Waals surface area contributed by atoms with Gasteiger partial charge in [-0.2, -0.15) is 5.10 Å². The number of hydrogen-bond acceptors (Lipinski definition) is 3. The van der Waals surface area contributed by atoms with E-state index in [-0.39, 0.29) is 11.7 Å². The molecule has 4 rings (SSSR count). The molecule has 6 heteroatoms. The summed E-state index contributed by atoms with van der Waals surface area (Å²) in [4.78, 5) is 15.8. The number of aromatic nitrogens is 2. The molecule has 0 bridgehead atoms. The smallest absolute Gasteiger partial charge is 0.274 e. The first-order valence-corrected chi connectivity index (χ1v) is 9.16. The molecular formula is C19H18FN3OS. The van der Waals surface area contributed by atoms with Crippen LogP contribution in [-0.4, -0.2) is 27.6 Å². The highest BCUT2D eigenvalue weighted by molar-refractivity contribution is 7.09. The normalized spacial score (nSPS) is 13.0. The van der Waals surface area contributed by atoms with Crippen LogP contribution in [0, 0.1) is 5.82 Å². The lowest BCUT2D eigenvalue weighted by atomic mass is 10.2. The van der Waals surface area contributed by atoms with Crippen molar-refractivity contribution in [3.05, 3.63) is 69.4 Å². The van der Waals surface area contributed by atoms with Crippen LogP contribution in [0.15, 0.2) is 41.8 Å². The topological polar surface area (TPSA) is 38.1 Å². The minimum atomic E-state index is -0.278. The maximum atomic E-state index is 13.2. The van der Waals surface area contributed by atoms with Crippen LogP contribution >= 0.6 is 11.3 Å². The van der Waals surface area contributed by atoms with E-state index >= 15 is 0 Å².